The maximum atomic E-state index is 12.4. The number of anilines is 2. The molecule has 5 heteroatoms. The van der Waals surface area contributed by atoms with E-state index in [2.05, 4.69) is 33.2 Å². The number of halogens is 1. The van der Waals surface area contributed by atoms with Crippen molar-refractivity contribution in [3.05, 3.63) is 93.1 Å². The third kappa shape index (κ3) is 5.66. The lowest BCUT2D eigenvalue weighted by Crippen LogP contribution is -2.13. The van der Waals surface area contributed by atoms with Crippen LogP contribution in [0.3, 0.4) is 0 Å². The molecule has 3 aromatic carbocycles. The molecule has 0 radical (unpaired) electrons. The Bertz CT molecular complexity index is 970. The van der Waals surface area contributed by atoms with Gasteiger partial charge in [0.15, 0.2) is 0 Å². The van der Waals surface area contributed by atoms with Crippen molar-refractivity contribution in [2.24, 2.45) is 0 Å². The highest BCUT2D eigenvalue weighted by Crippen LogP contribution is 2.17. The number of rotatable bonds is 6. The van der Waals surface area contributed by atoms with Gasteiger partial charge in [-0.25, -0.2) is 0 Å². The van der Waals surface area contributed by atoms with Gasteiger partial charge in [-0.3, -0.25) is 9.59 Å². The van der Waals surface area contributed by atoms with Crippen molar-refractivity contribution in [3.63, 3.8) is 0 Å². The van der Waals surface area contributed by atoms with E-state index in [0.717, 1.165) is 14.7 Å². The molecular formula is C23H21IN2O2. The van der Waals surface area contributed by atoms with Crippen LogP contribution in [0.1, 0.15) is 27.9 Å². The van der Waals surface area contributed by atoms with Crippen LogP contribution in [-0.4, -0.2) is 11.8 Å². The molecule has 3 aromatic rings. The summed E-state index contributed by atoms with van der Waals surface area (Å²) >= 11 is 2.22. The van der Waals surface area contributed by atoms with E-state index in [9.17, 15) is 9.59 Å². The smallest absolute Gasteiger partial charge is 0.255 e. The van der Waals surface area contributed by atoms with Gasteiger partial charge in [0.2, 0.25) is 5.91 Å². The Kier molecular flexibility index (Phi) is 6.81. The molecule has 0 spiro atoms. The lowest BCUT2D eigenvalue weighted by molar-refractivity contribution is -0.116. The first-order valence-electron chi connectivity index (χ1n) is 9.02. The van der Waals surface area contributed by atoms with Crippen LogP contribution in [0.15, 0.2) is 72.8 Å². The molecule has 0 bridgehead atoms. The summed E-state index contributed by atoms with van der Waals surface area (Å²) in [5.41, 5.74) is 4.29. The van der Waals surface area contributed by atoms with E-state index in [-0.39, 0.29) is 11.8 Å². The zero-order valence-corrected chi connectivity index (χ0v) is 17.7. The molecule has 0 saturated heterocycles. The summed E-state index contributed by atoms with van der Waals surface area (Å²) < 4.78 is 1.05. The first-order chi connectivity index (χ1) is 13.5. The summed E-state index contributed by atoms with van der Waals surface area (Å²) in [6.07, 6.45) is 1.13. The fraction of sp³-hybridized carbons (Fsp3) is 0.130. The maximum Gasteiger partial charge on any atom is 0.255 e. The van der Waals surface area contributed by atoms with E-state index in [1.165, 1.54) is 0 Å². The number of amides is 2. The molecule has 0 aliphatic heterocycles. The van der Waals surface area contributed by atoms with Gasteiger partial charge < -0.3 is 10.6 Å². The minimum atomic E-state index is -0.155. The highest BCUT2D eigenvalue weighted by Gasteiger charge is 2.08. The zero-order valence-electron chi connectivity index (χ0n) is 15.5. The summed E-state index contributed by atoms with van der Waals surface area (Å²) in [6, 6.07) is 22.7. The van der Waals surface area contributed by atoms with Crippen molar-refractivity contribution in [2.45, 2.75) is 19.8 Å². The third-order valence-electron chi connectivity index (χ3n) is 4.34. The fourth-order valence-electron chi connectivity index (χ4n) is 2.70. The fourth-order valence-corrected chi connectivity index (χ4v) is 3.22. The van der Waals surface area contributed by atoms with E-state index in [1.54, 1.807) is 24.3 Å². The highest BCUT2D eigenvalue weighted by molar-refractivity contribution is 14.1. The standard InChI is InChI=1S/C23H21IN2O2/c1-16-7-9-18(15-21(16)24)23(28)26-20-12-10-19(11-13-20)25-22(27)14-8-17-5-3-2-4-6-17/h2-7,9-13,15H,8,14H2,1H3,(H,25,27)(H,26,28). The van der Waals surface area contributed by atoms with Crippen LogP contribution >= 0.6 is 22.6 Å². The number of carbonyl (C=O) groups is 2. The number of carbonyl (C=O) groups excluding carboxylic acids is 2. The Balaban J connectivity index is 1.53. The normalized spacial score (nSPS) is 10.4. The van der Waals surface area contributed by atoms with Crippen molar-refractivity contribution in [1.82, 2.24) is 0 Å². The summed E-state index contributed by atoms with van der Waals surface area (Å²) in [4.78, 5) is 24.5. The molecular weight excluding hydrogens is 463 g/mol. The molecule has 0 aliphatic carbocycles. The number of hydrogen-bond acceptors (Lipinski definition) is 2. The summed E-state index contributed by atoms with van der Waals surface area (Å²) in [5.74, 6) is -0.188. The van der Waals surface area contributed by atoms with E-state index >= 15 is 0 Å². The van der Waals surface area contributed by atoms with Crippen molar-refractivity contribution in [3.8, 4) is 0 Å². The van der Waals surface area contributed by atoms with Crippen LogP contribution in [0.4, 0.5) is 11.4 Å². The summed E-state index contributed by atoms with van der Waals surface area (Å²) in [7, 11) is 0. The first-order valence-corrected chi connectivity index (χ1v) is 10.1. The monoisotopic (exact) mass is 484 g/mol. The molecule has 0 fully saturated rings. The largest absolute Gasteiger partial charge is 0.326 e. The molecule has 0 saturated carbocycles. The SMILES string of the molecule is Cc1ccc(C(=O)Nc2ccc(NC(=O)CCc3ccccc3)cc2)cc1I. The van der Waals surface area contributed by atoms with Gasteiger partial charge in [-0.1, -0.05) is 36.4 Å². The van der Waals surface area contributed by atoms with Gasteiger partial charge in [0, 0.05) is 26.9 Å². The Morgan fingerprint density at radius 1 is 0.857 bits per heavy atom. The zero-order chi connectivity index (χ0) is 19.9. The van der Waals surface area contributed by atoms with Crippen LogP contribution in [0, 0.1) is 10.5 Å². The van der Waals surface area contributed by atoms with Crippen LogP contribution in [0.2, 0.25) is 0 Å². The lowest BCUT2D eigenvalue weighted by Gasteiger charge is -2.09. The van der Waals surface area contributed by atoms with Crippen LogP contribution in [0.25, 0.3) is 0 Å². The second kappa shape index (κ2) is 9.50. The van der Waals surface area contributed by atoms with Crippen molar-refractivity contribution in [1.29, 1.82) is 0 Å². The van der Waals surface area contributed by atoms with E-state index in [0.29, 0.717) is 29.8 Å². The van der Waals surface area contributed by atoms with Crippen LogP contribution in [-0.2, 0) is 11.2 Å². The predicted octanol–water partition coefficient (Wildman–Crippen LogP) is 5.42. The molecule has 0 heterocycles. The Hall–Kier alpha value is -2.67. The number of nitrogens with one attached hydrogen (secondary N) is 2. The molecule has 4 nitrogen and oxygen atoms in total. The number of hydrogen-bond donors (Lipinski definition) is 2. The minimum Gasteiger partial charge on any atom is -0.326 e. The van der Waals surface area contributed by atoms with Crippen LogP contribution in [0.5, 0.6) is 0 Å². The van der Waals surface area contributed by atoms with Crippen LogP contribution < -0.4 is 10.6 Å². The lowest BCUT2D eigenvalue weighted by atomic mass is 10.1. The minimum absolute atomic E-state index is 0.0325. The van der Waals surface area contributed by atoms with Crippen molar-refractivity contribution < 1.29 is 9.59 Å². The van der Waals surface area contributed by atoms with Crippen molar-refractivity contribution in [2.75, 3.05) is 10.6 Å². The van der Waals surface area contributed by atoms with Gasteiger partial charge in [-0.15, -0.1) is 0 Å². The Labute approximate surface area is 178 Å². The highest BCUT2D eigenvalue weighted by atomic mass is 127. The number of benzene rings is 3. The molecule has 0 unspecified atom stereocenters. The average molecular weight is 484 g/mol. The topological polar surface area (TPSA) is 58.2 Å². The average Bonchev–Trinajstić information content (AvgIpc) is 2.71. The van der Waals surface area contributed by atoms with E-state index in [1.807, 2.05) is 55.5 Å². The molecule has 2 amide bonds. The predicted molar refractivity (Wildman–Crippen MR) is 122 cm³/mol. The third-order valence-corrected chi connectivity index (χ3v) is 5.51. The Morgan fingerprint density at radius 2 is 1.50 bits per heavy atom. The summed E-state index contributed by atoms with van der Waals surface area (Å²) in [5, 5.41) is 5.76. The van der Waals surface area contributed by atoms with Gasteiger partial charge in [0.25, 0.3) is 5.91 Å². The van der Waals surface area contributed by atoms with Gasteiger partial charge >= 0.3 is 0 Å². The second-order valence-electron chi connectivity index (χ2n) is 6.53. The first kappa shape index (κ1) is 20.1. The van der Waals surface area contributed by atoms with Gasteiger partial charge in [0.05, 0.1) is 0 Å². The van der Waals surface area contributed by atoms with E-state index in [4.69, 9.17) is 0 Å². The molecule has 0 atom stereocenters. The van der Waals surface area contributed by atoms with E-state index < -0.39 is 0 Å². The van der Waals surface area contributed by atoms with Crippen molar-refractivity contribution >= 4 is 45.8 Å². The van der Waals surface area contributed by atoms with Gasteiger partial charge in [0.1, 0.15) is 0 Å². The molecule has 142 valence electrons. The molecule has 0 aromatic heterocycles. The molecule has 3 rings (SSSR count). The van der Waals surface area contributed by atoms with Gasteiger partial charge in [-0.05, 0) is 83.5 Å². The molecule has 0 aliphatic rings. The molecule has 2 N–H and O–H groups in total. The maximum absolute atomic E-state index is 12.4. The van der Waals surface area contributed by atoms with Gasteiger partial charge in [-0.2, -0.15) is 0 Å². The molecule has 28 heavy (non-hydrogen) atoms. The second-order valence-corrected chi connectivity index (χ2v) is 7.69. The Morgan fingerprint density at radius 3 is 2.14 bits per heavy atom. The summed E-state index contributed by atoms with van der Waals surface area (Å²) in [6.45, 7) is 2.01. The quantitative estimate of drug-likeness (QED) is 0.459. The number of aryl methyl sites for hydroxylation is 2.